The molecule has 7 nitrogen and oxygen atoms in total. The highest BCUT2D eigenvalue weighted by molar-refractivity contribution is 7.89. The molecule has 1 N–H and O–H groups in total. The molecule has 0 saturated carbocycles. The van der Waals surface area contributed by atoms with Gasteiger partial charge in [0.05, 0.1) is 11.4 Å². The average molecular weight is 407 g/mol. The van der Waals surface area contributed by atoms with Gasteiger partial charge in [0.25, 0.3) is 5.91 Å². The van der Waals surface area contributed by atoms with Gasteiger partial charge < -0.3 is 14.8 Å². The Bertz CT molecular complexity index is 852. The molecule has 0 fully saturated rings. The van der Waals surface area contributed by atoms with Crippen LogP contribution < -0.4 is 14.8 Å². The molecule has 152 valence electrons. The molecule has 0 saturated heterocycles. The number of amides is 1. The molecule has 0 radical (unpaired) electrons. The predicted molar refractivity (Wildman–Crippen MR) is 107 cm³/mol. The van der Waals surface area contributed by atoms with E-state index in [0.717, 1.165) is 4.31 Å². The van der Waals surface area contributed by atoms with E-state index in [-0.39, 0.29) is 17.4 Å². The van der Waals surface area contributed by atoms with E-state index >= 15 is 0 Å². The standard InChI is InChI=1S/C20H26N2O5S/c1-4-19(27-17-8-6-5-7-9-17)20(23)21-14-15-26-16-10-12-18(13-11-16)28(24,25)22(2)3/h5-13,19H,4,14-15H2,1-3H3,(H,21,23)/t19-/m0/s1. The summed E-state index contributed by atoms with van der Waals surface area (Å²) >= 11 is 0. The third-order valence-electron chi connectivity index (χ3n) is 3.96. The molecule has 2 aromatic rings. The van der Waals surface area contributed by atoms with Crippen LogP contribution in [-0.4, -0.2) is 52.0 Å². The van der Waals surface area contributed by atoms with Crippen LogP contribution in [0.1, 0.15) is 13.3 Å². The van der Waals surface area contributed by atoms with Gasteiger partial charge in [-0.2, -0.15) is 0 Å². The number of nitrogens with one attached hydrogen (secondary N) is 1. The fourth-order valence-electron chi connectivity index (χ4n) is 2.36. The topological polar surface area (TPSA) is 84.9 Å². The summed E-state index contributed by atoms with van der Waals surface area (Å²) in [5, 5.41) is 2.78. The smallest absolute Gasteiger partial charge is 0.261 e. The van der Waals surface area contributed by atoms with Gasteiger partial charge in [-0.25, -0.2) is 12.7 Å². The quantitative estimate of drug-likeness (QED) is 0.612. The Labute approximate surface area is 166 Å². The average Bonchev–Trinajstić information content (AvgIpc) is 2.70. The summed E-state index contributed by atoms with van der Waals surface area (Å²) in [5.74, 6) is 0.968. The van der Waals surface area contributed by atoms with Gasteiger partial charge in [0, 0.05) is 14.1 Å². The summed E-state index contributed by atoms with van der Waals surface area (Å²) in [4.78, 5) is 12.4. The number of benzene rings is 2. The number of rotatable bonds is 10. The van der Waals surface area contributed by atoms with Crippen molar-refractivity contribution in [3.63, 3.8) is 0 Å². The molecular formula is C20H26N2O5S. The molecule has 8 heteroatoms. The Morgan fingerprint density at radius 2 is 1.68 bits per heavy atom. The zero-order chi connectivity index (χ0) is 20.6. The van der Waals surface area contributed by atoms with Gasteiger partial charge in [0.15, 0.2) is 6.10 Å². The molecule has 28 heavy (non-hydrogen) atoms. The summed E-state index contributed by atoms with van der Waals surface area (Å²) in [5.41, 5.74) is 0. The monoisotopic (exact) mass is 406 g/mol. The maximum absolute atomic E-state index is 12.2. The number of carbonyl (C=O) groups is 1. The van der Waals surface area contributed by atoms with Crippen molar-refractivity contribution >= 4 is 15.9 Å². The Morgan fingerprint density at radius 1 is 1.04 bits per heavy atom. The molecule has 0 unspecified atom stereocenters. The van der Waals surface area contributed by atoms with Crippen LogP contribution in [0.15, 0.2) is 59.5 Å². The van der Waals surface area contributed by atoms with Crippen molar-refractivity contribution in [1.29, 1.82) is 0 Å². The summed E-state index contributed by atoms with van der Waals surface area (Å²) in [7, 11) is -0.502. The molecule has 0 heterocycles. The molecule has 0 bridgehead atoms. The van der Waals surface area contributed by atoms with Crippen molar-refractivity contribution in [2.45, 2.75) is 24.3 Å². The van der Waals surface area contributed by atoms with E-state index in [4.69, 9.17) is 9.47 Å². The number of hydrogen-bond donors (Lipinski definition) is 1. The Kier molecular flexibility index (Phi) is 7.83. The lowest BCUT2D eigenvalue weighted by molar-refractivity contribution is -0.128. The maximum Gasteiger partial charge on any atom is 0.261 e. The zero-order valence-electron chi connectivity index (χ0n) is 16.3. The SMILES string of the molecule is CC[C@H](Oc1ccccc1)C(=O)NCCOc1ccc(S(=O)(=O)N(C)C)cc1. The van der Waals surface area contributed by atoms with Crippen LogP contribution in [0, 0.1) is 0 Å². The minimum atomic E-state index is -3.46. The predicted octanol–water partition coefficient (Wildman–Crippen LogP) is 2.29. The highest BCUT2D eigenvalue weighted by Crippen LogP contribution is 2.18. The molecule has 0 aliphatic heterocycles. The van der Waals surface area contributed by atoms with Crippen LogP contribution in [0.5, 0.6) is 11.5 Å². The molecule has 0 aliphatic carbocycles. The third kappa shape index (κ3) is 5.97. The van der Waals surface area contributed by atoms with E-state index in [2.05, 4.69) is 5.32 Å². The van der Waals surface area contributed by atoms with Gasteiger partial charge in [-0.05, 0) is 42.8 Å². The van der Waals surface area contributed by atoms with Crippen molar-refractivity contribution in [2.75, 3.05) is 27.2 Å². The molecule has 0 aliphatic rings. The molecule has 0 spiro atoms. The van der Waals surface area contributed by atoms with E-state index in [1.807, 2.05) is 25.1 Å². The third-order valence-corrected chi connectivity index (χ3v) is 5.79. The Hall–Kier alpha value is -2.58. The molecule has 1 amide bonds. The fraction of sp³-hybridized carbons (Fsp3) is 0.350. The van der Waals surface area contributed by atoms with Crippen LogP contribution in [0.2, 0.25) is 0 Å². The molecule has 0 aromatic heterocycles. The first-order valence-electron chi connectivity index (χ1n) is 8.99. The van der Waals surface area contributed by atoms with Crippen molar-refractivity contribution in [2.24, 2.45) is 0 Å². The Balaban J connectivity index is 1.79. The van der Waals surface area contributed by atoms with Crippen molar-refractivity contribution in [3.8, 4) is 11.5 Å². The minimum absolute atomic E-state index is 0.196. The number of carbonyl (C=O) groups excluding carboxylic acids is 1. The lowest BCUT2D eigenvalue weighted by Gasteiger charge is -2.17. The van der Waals surface area contributed by atoms with E-state index in [1.165, 1.54) is 26.2 Å². The second-order valence-corrected chi connectivity index (χ2v) is 8.38. The largest absolute Gasteiger partial charge is 0.492 e. The number of hydrogen-bond acceptors (Lipinski definition) is 5. The first-order valence-corrected chi connectivity index (χ1v) is 10.4. The van der Waals surface area contributed by atoms with Crippen LogP contribution in [-0.2, 0) is 14.8 Å². The molecule has 2 rings (SSSR count). The van der Waals surface area contributed by atoms with Gasteiger partial charge in [0.1, 0.15) is 18.1 Å². The first-order chi connectivity index (χ1) is 13.3. The first kappa shape index (κ1) is 21.7. The van der Waals surface area contributed by atoms with Crippen molar-refractivity contribution in [3.05, 3.63) is 54.6 Å². The maximum atomic E-state index is 12.2. The van der Waals surface area contributed by atoms with E-state index < -0.39 is 16.1 Å². The van der Waals surface area contributed by atoms with E-state index in [1.54, 1.807) is 24.3 Å². The van der Waals surface area contributed by atoms with Crippen LogP contribution in [0.3, 0.4) is 0 Å². The summed E-state index contributed by atoms with van der Waals surface area (Å²) in [6.45, 7) is 2.45. The number of ether oxygens (including phenoxy) is 2. The van der Waals surface area contributed by atoms with Gasteiger partial charge in [0.2, 0.25) is 10.0 Å². The minimum Gasteiger partial charge on any atom is -0.492 e. The van der Waals surface area contributed by atoms with Crippen molar-refractivity contribution < 1.29 is 22.7 Å². The van der Waals surface area contributed by atoms with E-state index in [0.29, 0.717) is 24.5 Å². The van der Waals surface area contributed by atoms with Gasteiger partial charge in [-0.3, -0.25) is 4.79 Å². The van der Waals surface area contributed by atoms with Crippen LogP contribution in [0.4, 0.5) is 0 Å². The second kappa shape index (κ2) is 10.1. The fourth-order valence-corrected chi connectivity index (χ4v) is 3.26. The highest BCUT2D eigenvalue weighted by Gasteiger charge is 2.18. The van der Waals surface area contributed by atoms with E-state index in [9.17, 15) is 13.2 Å². The number of nitrogens with zero attached hydrogens (tertiary/aromatic N) is 1. The van der Waals surface area contributed by atoms with Crippen molar-refractivity contribution in [1.82, 2.24) is 9.62 Å². The molecule has 1 atom stereocenters. The van der Waals surface area contributed by atoms with Crippen LogP contribution in [0.25, 0.3) is 0 Å². The molecule has 2 aromatic carbocycles. The summed E-state index contributed by atoms with van der Waals surface area (Å²) in [6, 6.07) is 15.4. The number of sulfonamides is 1. The van der Waals surface area contributed by atoms with Crippen LogP contribution >= 0.6 is 0 Å². The summed E-state index contributed by atoms with van der Waals surface area (Å²) < 4.78 is 36.5. The zero-order valence-corrected chi connectivity index (χ0v) is 17.1. The Morgan fingerprint density at radius 3 is 2.25 bits per heavy atom. The van der Waals surface area contributed by atoms with Gasteiger partial charge >= 0.3 is 0 Å². The second-order valence-electron chi connectivity index (χ2n) is 6.23. The van der Waals surface area contributed by atoms with Gasteiger partial charge in [-0.15, -0.1) is 0 Å². The van der Waals surface area contributed by atoms with Gasteiger partial charge in [-0.1, -0.05) is 25.1 Å². The molecular weight excluding hydrogens is 380 g/mol. The highest BCUT2D eigenvalue weighted by atomic mass is 32.2. The lowest BCUT2D eigenvalue weighted by Crippen LogP contribution is -2.39. The normalized spacial score (nSPS) is 12.4. The summed E-state index contributed by atoms with van der Waals surface area (Å²) in [6.07, 6.45) is -0.0263. The number of para-hydroxylation sites is 1. The lowest BCUT2D eigenvalue weighted by atomic mass is 10.2.